The first-order valence-corrected chi connectivity index (χ1v) is 25.7. The minimum absolute atomic E-state index is 0.0194. The van der Waals surface area contributed by atoms with Crippen LogP contribution >= 0.6 is 0 Å². The minimum Gasteiger partial charge on any atom is -0.310 e. The first kappa shape index (κ1) is 40.4. The molecule has 4 heterocycles. The fourth-order valence-electron chi connectivity index (χ4n) is 13.6. The van der Waals surface area contributed by atoms with E-state index in [4.69, 9.17) is 0 Å². The molecule has 11 aromatic carbocycles. The molecule has 0 saturated heterocycles. The second kappa shape index (κ2) is 13.7. The Morgan fingerprint density at radius 2 is 0.875 bits per heavy atom. The lowest BCUT2D eigenvalue weighted by molar-refractivity contribution is 0.590. The van der Waals surface area contributed by atoms with Crippen molar-refractivity contribution < 1.29 is 0 Å². The van der Waals surface area contributed by atoms with Gasteiger partial charge in [0.1, 0.15) is 0 Å². The molecule has 0 spiro atoms. The third-order valence-electron chi connectivity index (χ3n) is 16.9. The molecule has 0 unspecified atom stereocenters. The van der Waals surface area contributed by atoms with Crippen molar-refractivity contribution in [3.8, 4) is 33.6 Å². The molecular formula is C68H50BN3. The van der Waals surface area contributed by atoms with Crippen LogP contribution in [0.15, 0.2) is 194 Å². The number of hydrogen-bond acceptors (Lipinski definition) is 1. The lowest BCUT2D eigenvalue weighted by atomic mass is 9.34. The molecule has 13 aromatic rings. The van der Waals surface area contributed by atoms with Gasteiger partial charge in [0.25, 0.3) is 6.71 Å². The Balaban J connectivity index is 1.11. The van der Waals surface area contributed by atoms with Gasteiger partial charge in [-0.05, 0) is 141 Å². The van der Waals surface area contributed by atoms with Crippen LogP contribution in [-0.2, 0) is 10.8 Å². The highest BCUT2D eigenvalue weighted by molar-refractivity contribution is 7.00. The summed E-state index contributed by atoms with van der Waals surface area (Å²) >= 11 is 0. The van der Waals surface area contributed by atoms with Gasteiger partial charge < -0.3 is 14.0 Å². The molecule has 2 aliphatic heterocycles. The number of fused-ring (bicyclic) bond motifs is 15. The number of anilines is 3. The van der Waals surface area contributed by atoms with Crippen molar-refractivity contribution in [2.75, 3.05) is 4.90 Å². The van der Waals surface area contributed by atoms with E-state index in [1.165, 1.54) is 137 Å². The summed E-state index contributed by atoms with van der Waals surface area (Å²) in [5.74, 6) is 0. The summed E-state index contributed by atoms with van der Waals surface area (Å²) in [5, 5.41) is 13.1. The first-order chi connectivity index (χ1) is 35.0. The summed E-state index contributed by atoms with van der Waals surface area (Å²) in [6, 6.07) is 74.9. The van der Waals surface area contributed by atoms with Gasteiger partial charge >= 0.3 is 0 Å². The number of nitrogens with zero attached hydrogens (tertiary/aromatic N) is 3. The Labute approximate surface area is 419 Å². The largest absolute Gasteiger partial charge is 0.310 e. The van der Waals surface area contributed by atoms with Gasteiger partial charge in [0, 0.05) is 44.3 Å². The second-order valence-corrected chi connectivity index (χ2v) is 22.9. The fraction of sp³-hybridized carbons (Fsp3) is 0.118. The fourth-order valence-corrected chi connectivity index (χ4v) is 13.6. The molecule has 0 N–H and O–H groups in total. The maximum Gasteiger partial charge on any atom is 0.252 e. The zero-order valence-electron chi connectivity index (χ0n) is 41.4. The van der Waals surface area contributed by atoms with Crippen molar-refractivity contribution in [3.63, 3.8) is 0 Å². The highest BCUT2D eigenvalue weighted by Gasteiger charge is 2.43. The average molecular weight is 920 g/mol. The van der Waals surface area contributed by atoms with E-state index in [2.05, 4.69) is 250 Å². The Bertz CT molecular complexity index is 4510. The normalized spacial score (nSPS) is 13.4. The van der Waals surface area contributed by atoms with Crippen molar-refractivity contribution >= 4 is 116 Å². The van der Waals surface area contributed by atoms with Crippen LogP contribution in [-0.4, -0.2) is 15.8 Å². The van der Waals surface area contributed by atoms with Crippen molar-refractivity contribution in [2.24, 2.45) is 0 Å². The van der Waals surface area contributed by atoms with Crippen LogP contribution in [0.4, 0.5) is 17.1 Å². The molecule has 3 nitrogen and oxygen atoms in total. The molecule has 0 fully saturated rings. The maximum absolute atomic E-state index is 2.68. The highest BCUT2D eigenvalue weighted by Crippen LogP contribution is 2.52. The molecule has 16 rings (SSSR count). The van der Waals surface area contributed by atoms with E-state index in [1.807, 2.05) is 0 Å². The van der Waals surface area contributed by atoms with Crippen LogP contribution < -0.4 is 21.3 Å². The number of benzene rings is 11. The Kier molecular flexibility index (Phi) is 7.71. The molecule has 0 atom stereocenters. The lowest BCUT2D eigenvalue weighted by Crippen LogP contribution is -2.59. The SMILES string of the molecule is CC(C)(C)c1ccc(N(c2ccc(C(C)(C)C)cc2)c2cc3c4c(c2)-n2c5ccc6ccccc6c5c5c6ccccc6cc(c52)B4c2ccc4c5c6c7c(cccc7ccc6n-3c25)-c2ccccc2-4)cc1. The van der Waals surface area contributed by atoms with E-state index in [-0.39, 0.29) is 17.5 Å². The van der Waals surface area contributed by atoms with E-state index < -0.39 is 0 Å². The zero-order chi connectivity index (χ0) is 48.1. The molecule has 72 heavy (non-hydrogen) atoms. The molecule has 340 valence electrons. The van der Waals surface area contributed by atoms with E-state index >= 15 is 0 Å². The van der Waals surface area contributed by atoms with Crippen LogP contribution in [0.1, 0.15) is 52.7 Å². The minimum atomic E-state index is -0.0279. The molecule has 0 bridgehead atoms. The molecule has 0 saturated carbocycles. The monoisotopic (exact) mass is 919 g/mol. The van der Waals surface area contributed by atoms with E-state index in [0.717, 1.165) is 17.1 Å². The van der Waals surface area contributed by atoms with Gasteiger partial charge in [0.2, 0.25) is 0 Å². The van der Waals surface area contributed by atoms with Crippen LogP contribution in [0.2, 0.25) is 0 Å². The molecule has 1 aliphatic carbocycles. The number of rotatable bonds is 3. The van der Waals surface area contributed by atoms with E-state index in [1.54, 1.807) is 0 Å². The smallest absolute Gasteiger partial charge is 0.252 e. The summed E-state index contributed by atoms with van der Waals surface area (Å²) < 4.78 is 5.34. The summed E-state index contributed by atoms with van der Waals surface area (Å²) in [5.41, 5.74) is 22.9. The van der Waals surface area contributed by atoms with Gasteiger partial charge in [-0.15, -0.1) is 0 Å². The number of aromatic nitrogens is 2. The van der Waals surface area contributed by atoms with Crippen LogP contribution in [0, 0.1) is 0 Å². The van der Waals surface area contributed by atoms with Crippen LogP contribution in [0.25, 0.3) is 110 Å². The van der Waals surface area contributed by atoms with E-state index in [9.17, 15) is 0 Å². The van der Waals surface area contributed by atoms with Crippen molar-refractivity contribution in [1.29, 1.82) is 0 Å². The van der Waals surface area contributed by atoms with Gasteiger partial charge in [-0.25, -0.2) is 0 Å². The van der Waals surface area contributed by atoms with Crippen molar-refractivity contribution in [1.82, 2.24) is 9.13 Å². The summed E-state index contributed by atoms with van der Waals surface area (Å²) in [6.07, 6.45) is 0. The number of hydrogen-bond donors (Lipinski definition) is 0. The summed E-state index contributed by atoms with van der Waals surface area (Å²) in [7, 11) is 0. The summed E-state index contributed by atoms with van der Waals surface area (Å²) in [4.78, 5) is 2.51. The molecular weight excluding hydrogens is 870 g/mol. The Morgan fingerprint density at radius 1 is 0.361 bits per heavy atom. The molecule has 0 radical (unpaired) electrons. The third kappa shape index (κ3) is 5.16. The topological polar surface area (TPSA) is 13.1 Å². The lowest BCUT2D eigenvalue weighted by Gasteiger charge is -2.36. The molecule has 3 aliphatic rings. The quantitative estimate of drug-likeness (QED) is 0.161. The van der Waals surface area contributed by atoms with Gasteiger partial charge in [-0.2, -0.15) is 0 Å². The molecule has 2 aromatic heterocycles. The van der Waals surface area contributed by atoms with Crippen molar-refractivity contribution in [3.05, 3.63) is 205 Å². The Hall–Kier alpha value is -8.34. The summed E-state index contributed by atoms with van der Waals surface area (Å²) in [6.45, 7) is 13.8. The maximum atomic E-state index is 2.68. The van der Waals surface area contributed by atoms with Gasteiger partial charge in [-0.3, -0.25) is 0 Å². The predicted octanol–water partition coefficient (Wildman–Crippen LogP) is 16.2. The van der Waals surface area contributed by atoms with E-state index in [0.29, 0.717) is 0 Å². The standard InChI is InChI=1S/C68H50BN3/c1-67(2,3)42-24-28-44(29-25-42)70(45-30-26-43(27-31-45)68(4,5)6)46-37-57-64-58(38-46)72-56-35-23-40-16-13-21-51-49-19-11-12-20-50(49)52-32-33-53(65(72)62(52)63(56)59(40)51)69(64)54-36-41-15-8-10-18-48(41)61-60-47-17-9-7-14-39(47)22-34-55(60)71(57)66(54)61/h7-38H,1-6H3. The average Bonchev–Trinajstić information content (AvgIpc) is 3.91. The van der Waals surface area contributed by atoms with Crippen LogP contribution in [0.3, 0.4) is 0 Å². The van der Waals surface area contributed by atoms with Gasteiger partial charge in [0.15, 0.2) is 0 Å². The first-order valence-electron chi connectivity index (χ1n) is 25.7. The van der Waals surface area contributed by atoms with Gasteiger partial charge in [-0.1, -0.05) is 187 Å². The Morgan fingerprint density at radius 3 is 1.51 bits per heavy atom. The predicted molar refractivity (Wildman–Crippen MR) is 309 cm³/mol. The van der Waals surface area contributed by atoms with Gasteiger partial charge in [0.05, 0.1) is 27.8 Å². The second-order valence-electron chi connectivity index (χ2n) is 22.9. The zero-order valence-corrected chi connectivity index (χ0v) is 41.4. The molecule has 4 heteroatoms. The van der Waals surface area contributed by atoms with Crippen molar-refractivity contribution in [2.45, 2.75) is 52.4 Å². The highest BCUT2D eigenvalue weighted by atomic mass is 15.2. The molecule has 0 amide bonds. The van der Waals surface area contributed by atoms with Crippen LogP contribution in [0.5, 0.6) is 0 Å². The third-order valence-corrected chi connectivity index (χ3v) is 16.9.